The Balaban J connectivity index is 1.79. The highest BCUT2D eigenvalue weighted by Crippen LogP contribution is 2.04. The Labute approximate surface area is 141 Å². The van der Waals surface area contributed by atoms with Crippen LogP contribution in [-0.4, -0.2) is 30.8 Å². The van der Waals surface area contributed by atoms with Crippen LogP contribution in [-0.2, 0) is 20.6 Å². The number of fused-ring (bicyclic) bond motifs is 1. The molecule has 9 nitrogen and oxygen atoms in total. The standard InChI is InChI=1S/C16H16N6O3/c1-20-13-12(15(24)21(2)16(20)25)22(10-17-13)9-8-18-19-14(23)11-6-4-3-5-7-11/h3-8,10H,9H2,1-2H3,(H,19,23)/b18-8+. The number of carbonyl (C=O) groups excluding carboxylic acids is 1. The maximum Gasteiger partial charge on any atom is 0.332 e. The first-order chi connectivity index (χ1) is 12.0. The third kappa shape index (κ3) is 2.99. The molecule has 9 heteroatoms. The molecule has 25 heavy (non-hydrogen) atoms. The van der Waals surface area contributed by atoms with Gasteiger partial charge in [0, 0.05) is 25.9 Å². The van der Waals surface area contributed by atoms with Crippen molar-refractivity contribution in [3.05, 3.63) is 63.1 Å². The molecule has 0 aliphatic carbocycles. The fourth-order valence-corrected chi connectivity index (χ4v) is 2.42. The van der Waals surface area contributed by atoms with Crippen LogP contribution in [0.5, 0.6) is 0 Å². The topological polar surface area (TPSA) is 103 Å². The van der Waals surface area contributed by atoms with Gasteiger partial charge in [0.05, 0.1) is 12.9 Å². The second kappa shape index (κ2) is 6.56. The zero-order chi connectivity index (χ0) is 18.0. The molecule has 0 saturated carbocycles. The number of hydrazone groups is 1. The monoisotopic (exact) mass is 340 g/mol. The van der Waals surface area contributed by atoms with Gasteiger partial charge in [-0.15, -0.1) is 0 Å². The lowest BCUT2D eigenvalue weighted by molar-refractivity contribution is 0.0955. The van der Waals surface area contributed by atoms with E-state index in [-0.39, 0.29) is 12.5 Å². The Morgan fingerprint density at radius 2 is 1.92 bits per heavy atom. The van der Waals surface area contributed by atoms with Gasteiger partial charge >= 0.3 is 5.69 Å². The fourth-order valence-electron chi connectivity index (χ4n) is 2.42. The molecule has 0 aliphatic rings. The summed E-state index contributed by atoms with van der Waals surface area (Å²) in [5.41, 5.74) is 2.64. The highest BCUT2D eigenvalue weighted by Gasteiger charge is 2.13. The van der Waals surface area contributed by atoms with Crippen LogP contribution in [0.1, 0.15) is 10.4 Å². The van der Waals surface area contributed by atoms with E-state index in [2.05, 4.69) is 15.5 Å². The summed E-state index contributed by atoms with van der Waals surface area (Å²) in [6.07, 6.45) is 2.91. The Bertz CT molecular complexity index is 1070. The van der Waals surface area contributed by atoms with Crippen LogP contribution in [0, 0.1) is 0 Å². The van der Waals surface area contributed by atoms with Gasteiger partial charge in [0.1, 0.15) is 0 Å². The SMILES string of the molecule is Cn1c(=O)c2c(ncn2C/C=N/NC(=O)c2ccccc2)n(C)c1=O. The second-order valence-electron chi connectivity index (χ2n) is 5.39. The smallest absolute Gasteiger partial charge is 0.319 e. The van der Waals surface area contributed by atoms with E-state index in [0.29, 0.717) is 16.7 Å². The number of carbonyl (C=O) groups is 1. The van der Waals surface area contributed by atoms with E-state index in [0.717, 1.165) is 4.57 Å². The molecule has 0 fully saturated rings. The summed E-state index contributed by atoms with van der Waals surface area (Å²) in [7, 11) is 2.96. The number of imidazole rings is 1. The summed E-state index contributed by atoms with van der Waals surface area (Å²) < 4.78 is 3.89. The molecule has 0 atom stereocenters. The van der Waals surface area contributed by atoms with Crippen LogP contribution < -0.4 is 16.7 Å². The number of amides is 1. The summed E-state index contributed by atoms with van der Waals surface area (Å²) in [5.74, 6) is -0.328. The van der Waals surface area contributed by atoms with Gasteiger partial charge < -0.3 is 4.57 Å². The van der Waals surface area contributed by atoms with Gasteiger partial charge in [-0.25, -0.2) is 15.2 Å². The molecule has 3 rings (SSSR count). The van der Waals surface area contributed by atoms with Crippen LogP contribution in [0.25, 0.3) is 11.2 Å². The van der Waals surface area contributed by atoms with Crippen molar-refractivity contribution in [1.29, 1.82) is 0 Å². The molecule has 128 valence electrons. The van der Waals surface area contributed by atoms with E-state index in [1.165, 1.54) is 24.2 Å². The predicted molar refractivity (Wildman–Crippen MR) is 92.6 cm³/mol. The van der Waals surface area contributed by atoms with E-state index >= 15 is 0 Å². The normalized spacial score (nSPS) is 11.3. The summed E-state index contributed by atoms with van der Waals surface area (Å²) in [4.78, 5) is 40.1. The first-order valence-corrected chi connectivity index (χ1v) is 7.48. The second-order valence-corrected chi connectivity index (χ2v) is 5.39. The average Bonchev–Trinajstić information content (AvgIpc) is 3.06. The maximum absolute atomic E-state index is 12.3. The molecule has 1 aromatic carbocycles. The molecule has 0 bridgehead atoms. The van der Waals surface area contributed by atoms with Crippen molar-refractivity contribution in [3.8, 4) is 0 Å². The van der Waals surface area contributed by atoms with Gasteiger partial charge in [0.2, 0.25) is 0 Å². The molecular weight excluding hydrogens is 324 g/mol. The van der Waals surface area contributed by atoms with Crippen molar-refractivity contribution in [2.45, 2.75) is 6.54 Å². The number of aromatic nitrogens is 4. The summed E-state index contributed by atoms with van der Waals surface area (Å²) in [5, 5.41) is 3.87. The lowest BCUT2D eigenvalue weighted by atomic mass is 10.2. The van der Waals surface area contributed by atoms with Crippen molar-refractivity contribution < 1.29 is 4.79 Å². The van der Waals surface area contributed by atoms with Crippen molar-refractivity contribution in [2.75, 3.05) is 0 Å². The number of hydrogen-bond donors (Lipinski definition) is 1. The number of nitrogens with one attached hydrogen (secondary N) is 1. The number of rotatable bonds is 4. The zero-order valence-electron chi connectivity index (χ0n) is 13.7. The van der Waals surface area contributed by atoms with Crippen LogP contribution in [0.2, 0.25) is 0 Å². The first kappa shape index (κ1) is 16.4. The third-order valence-electron chi connectivity index (χ3n) is 3.79. The van der Waals surface area contributed by atoms with Crippen LogP contribution in [0.4, 0.5) is 0 Å². The van der Waals surface area contributed by atoms with E-state index < -0.39 is 11.2 Å². The number of aryl methyl sites for hydroxylation is 1. The Kier molecular flexibility index (Phi) is 4.29. The first-order valence-electron chi connectivity index (χ1n) is 7.48. The number of nitrogens with zero attached hydrogens (tertiary/aromatic N) is 5. The van der Waals surface area contributed by atoms with Crippen molar-refractivity contribution >= 4 is 23.3 Å². The largest absolute Gasteiger partial charge is 0.332 e. The molecule has 0 aliphatic heterocycles. The molecule has 2 heterocycles. The summed E-state index contributed by atoms with van der Waals surface area (Å²) in [6.45, 7) is 0.221. The van der Waals surface area contributed by atoms with Gasteiger partial charge in [-0.3, -0.25) is 18.7 Å². The molecule has 1 N–H and O–H groups in total. The van der Waals surface area contributed by atoms with Crippen molar-refractivity contribution in [2.24, 2.45) is 19.2 Å². The highest BCUT2D eigenvalue weighted by molar-refractivity contribution is 5.94. The number of hydrogen-bond acceptors (Lipinski definition) is 5. The van der Waals surface area contributed by atoms with E-state index in [1.807, 2.05) is 6.07 Å². The summed E-state index contributed by atoms with van der Waals surface area (Å²) in [6, 6.07) is 8.70. The van der Waals surface area contributed by atoms with E-state index in [1.54, 1.807) is 35.9 Å². The molecule has 0 radical (unpaired) electrons. The molecule has 0 unspecified atom stereocenters. The van der Waals surface area contributed by atoms with Gasteiger partial charge in [-0.1, -0.05) is 18.2 Å². The van der Waals surface area contributed by atoms with Crippen LogP contribution in [0.15, 0.2) is 51.3 Å². The fraction of sp³-hybridized carbons (Fsp3) is 0.188. The van der Waals surface area contributed by atoms with Crippen molar-refractivity contribution in [3.63, 3.8) is 0 Å². The molecule has 1 amide bonds. The lowest BCUT2D eigenvalue weighted by Crippen LogP contribution is -2.37. The van der Waals surface area contributed by atoms with Gasteiger partial charge in [0.15, 0.2) is 11.2 Å². The maximum atomic E-state index is 12.3. The molecule has 2 aromatic heterocycles. The number of benzene rings is 1. The average molecular weight is 340 g/mol. The quantitative estimate of drug-likeness (QED) is 0.527. The molecule has 0 saturated heterocycles. The van der Waals surface area contributed by atoms with Gasteiger partial charge in [0.25, 0.3) is 11.5 Å². The minimum absolute atomic E-state index is 0.221. The molecular formula is C16H16N6O3. The predicted octanol–water partition coefficient (Wildman–Crippen LogP) is -0.151. The van der Waals surface area contributed by atoms with Crippen LogP contribution in [0.3, 0.4) is 0 Å². The summed E-state index contributed by atoms with van der Waals surface area (Å²) >= 11 is 0. The minimum Gasteiger partial charge on any atom is -0.319 e. The van der Waals surface area contributed by atoms with E-state index in [4.69, 9.17) is 0 Å². The minimum atomic E-state index is -0.438. The van der Waals surface area contributed by atoms with Gasteiger partial charge in [-0.05, 0) is 12.1 Å². The molecule has 3 aromatic rings. The van der Waals surface area contributed by atoms with Crippen LogP contribution >= 0.6 is 0 Å². The zero-order valence-corrected chi connectivity index (χ0v) is 13.7. The Morgan fingerprint density at radius 3 is 2.64 bits per heavy atom. The Hall–Kier alpha value is -3.49. The Morgan fingerprint density at radius 1 is 1.20 bits per heavy atom. The van der Waals surface area contributed by atoms with E-state index in [9.17, 15) is 14.4 Å². The lowest BCUT2D eigenvalue weighted by Gasteiger charge is -2.04. The van der Waals surface area contributed by atoms with Crippen molar-refractivity contribution in [1.82, 2.24) is 24.1 Å². The molecule has 0 spiro atoms. The highest BCUT2D eigenvalue weighted by atomic mass is 16.2. The van der Waals surface area contributed by atoms with Gasteiger partial charge in [-0.2, -0.15) is 5.10 Å². The third-order valence-corrected chi connectivity index (χ3v) is 3.79.